The lowest BCUT2D eigenvalue weighted by molar-refractivity contribution is 0.0523. The number of rotatable bonds is 8. The highest BCUT2D eigenvalue weighted by molar-refractivity contribution is 9.10. The van der Waals surface area contributed by atoms with Gasteiger partial charge in [0.15, 0.2) is 0 Å². The van der Waals surface area contributed by atoms with E-state index in [2.05, 4.69) is 51.7 Å². The van der Waals surface area contributed by atoms with Crippen LogP contribution < -0.4 is 9.64 Å². The van der Waals surface area contributed by atoms with Gasteiger partial charge in [0.1, 0.15) is 17.1 Å². The van der Waals surface area contributed by atoms with E-state index in [9.17, 15) is 4.79 Å². The Labute approximate surface area is 257 Å². The maximum absolute atomic E-state index is 12.7. The van der Waals surface area contributed by atoms with Crippen molar-refractivity contribution in [2.24, 2.45) is 5.41 Å². The molecule has 41 heavy (non-hydrogen) atoms. The summed E-state index contributed by atoms with van der Waals surface area (Å²) in [7, 11) is 0. The number of nitrogens with zero attached hydrogens (tertiary/aromatic N) is 2. The van der Waals surface area contributed by atoms with E-state index < -0.39 is 0 Å². The van der Waals surface area contributed by atoms with Crippen molar-refractivity contribution in [3.63, 3.8) is 0 Å². The highest BCUT2D eigenvalue weighted by Crippen LogP contribution is 2.43. The zero-order chi connectivity index (χ0) is 29.0. The number of esters is 1. The summed E-state index contributed by atoms with van der Waals surface area (Å²) in [6, 6.07) is 21.8. The van der Waals surface area contributed by atoms with Gasteiger partial charge in [-0.15, -0.1) is 0 Å². The second kappa shape index (κ2) is 13.0. The molecule has 5 nitrogen and oxygen atoms in total. The van der Waals surface area contributed by atoms with Crippen LogP contribution in [-0.2, 0) is 4.74 Å². The molecular weight excluding hydrogens is 600 g/mol. The maximum atomic E-state index is 12.7. The molecular formula is C34H38BrClN2O3. The van der Waals surface area contributed by atoms with Gasteiger partial charge in [0.05, 0.1) is 6.61 Å². The predicted octanol–water partition coefficient (Wildman–Crippen LogP) is 8.86. The first-order valence-electron chi connectivity index (χ1n) is 14.4. The zero-order valence-corrected chi connectivity index (χ0v) is 26.4. The number of hydrogen-bond donors (Lipinski definition) is 0. The number of benzene rings is 3. The second-order valence-electron chi connectivity index (χ2n) is 11.7. The van der Waals surface area contributed by atoms with Crippen LogP contribution in [0.5, 0.6) is 11.5 Å². The van der Waals surface area contributed by atoms with Crippen LogP contribution >= 0.6 is 27.5 Å². The van der Waals surface area contributed by atoms with Gasteiger partial charge in [-0.2, -0.15) is 0 Å². The zero-order valence-electron chi connectivity index (χ0n) is 24.1. The summed E-state index contributed by atoms with van der Waals surface area (Å²) in [5.41, 5.74) is 6.13. The number of anilines is 1. The SMILES string of the molecule is CCOC(=O)c1ccc(N2CCN(CC3=C(c4ccc(Cl)cc4)CC(C)(C)CC3)CC2)cc1Oc1cccc(Br)c1. The molecule has 1 aliphatic carbocycles. The smallest absolute Gasteiger partial charge is 0.341 e. The largest absolute Gasteiger partial charge is 0.462 e. The number of allylic oxidation sites excluding steroid dienone is 1. The molecule has 0 saturated carbocycles. The Hall–Kier alpha value is -2.80. The average molecular weight is 638 g/mol. The summed E-state index contributed by atoms with van der Waals surface area (Å²) in [5.74, 6) is 0.783. The molecule has 1 fully saturated rings. The molecule has 2 aliphatic rings. The Morgan fingerprint density at radius 1 is 1.00 bits per heavy atom. The van der Waals surface area contributed by atoms with Gasteiger partial charge in [-0.3, -0.25) is 4.90 Å². The van der Waals surface area contributed by atoms with Crippen molar-refractivity contribution in [2.45, 2.75) is 40.0 Å². The van der Waals surface area contributed by atoms with Gasteiger partial charge in [-0.1, -0.05) is 65.2 Å². The van der Waals surface area contributed by atoms with E-state index >= 15 is 0 Å². The minimum absolute atomic E-state index is 0.308. The number of carbonyl (C=O) groups is 1. The van der Waals surface area contributed by atoms with Gasteiger partial charge in [-0.05, 0) is 85.2 Å². The minimum Gasteiger partial charge on any atom is -0.462 e. The lowest BCUT2D eigenvalue weighted by atomic mass is 9.72. The third kappa shape index (κ3) is 7.54. The number of ether oxygens (including phenoxy) is 2. The van der Waals surface area contributed by atoms with Crippen molar-refractivity contribution < 1.29 is 14.3 Å². The van der Waals surface area contributed by atoms with Crippen molar-refractivity contribution in [3.05, 3.63) is 92.9 Å². The third-order valence-corrected chi connectivity index (χ3v) is 8.76. The Balaban J connectivity index is 1.31. The highest BCUT2D eigenvalue weighted by Gasteiger charge is 2.29. The maximum Gasteiger partial charge on any atom is 0.341 e. The molecule has 3 aromatic carbocycles. The molecule has 3 aromatic rings. The van der Waals surface area contributed by atoms with E-state index in [-0.39, 0.29) is 5.97 Å². The fourth-order valence-electron chi connectivity index (χ4n) is 5.73. The van der Waals surface area contributed by atoms with Crippen LogP contribution in [0.15, 0.2) is 76.8 Å². The topological polar surface area (TPSA) is 42.0 Å². The Morgan fingerprint density at radius 3 is 2.46 bits per heavy atom. The predicted molar refractivity (Wildman–Crippen MR) is 171 cm³/mol. The molecule has 1 aliphatic heterocycles. The molecule has 0 N–H and O–H groups in total. The summed E-state index contributed by atoms with van der Waals surface area (Å²) in [5, 5.41) is 0.780. The molecule has 5 rings (SSSR count). The van der Waals surface area contributed by atoms with Crippen molar-refractivity contribution in [1.82, 2.24) is 4.90 Å². The monoisotopic (exact) mass is 636 g/mol. The van der Waals surface area contributed by atoms with Gasteiger partial charge in [0, 0.05) is 54.0 Å². The van der Waals surface area contributed by atoms with Crippen molar-refractivity contribution in [3.8, 4) is 11.5 Å². The van der Waals surface area contributed by atoms with Gasteiger partial charge < -0.3 is 14.4 Å². The minimum atomic E-state index is -0.380. The van der Waals surface area contributed by atoms with E-state index in [4.69, 9.17) is 21.1 Å². The first-order chi connectivity index (χ1) is 19.7. The standard InChI is InChI=1S/C34H38BrClN2O3/c1-4-40-33(39)30-13-12-28(21-32(30)41-29-7-5-6-26(35)20-29)38-18-16-37(17-19-38)23-25-14-15-34(2,3)22-31(25)24-8-10-27(36)11-9-24/h5-13,20-21H,4,14-19,22-23H2,1-3H3. The molecule has 0 amide bonds. The summed E-state index contributed by atoms with van der Waals surface area (Å²) < 4.78 is 12.4. The van der Waals surface area contributed by atoms with Crippen LogP contribution in [0.4, 0.5) is 5.69 Å². The Morgan fingerprint density at radius 2 is 1.76 bits per heavy atom. The molecule has 0 spiro atoms. The van der Waals surface area contributed by atoms with E-state index in [0.29, 0.717) is 29.1 Å². The summed E-state index contributed by atoms with van der Waals surface area (Å²) in [6.45, 7) is 11.6. The van der Waals surface area contributed by atoms with Crippen LogP contribution in [0.3, 0.4) is 0 Å². The summed E-state index contributed by atoms with van der Waals surface area (Å²) in [4.78, 5) is 17.6. The molecule has 1 saturated heterocycles. The fourth-order valence-corrected chi connectivity index (χ4v) is 6.23. The molecule has 0 radical (unpaired) electrons. The first kappa shape index (κ1) is 29.7. The van der Waals surface area contributed by atoms with Crippen molar-refractivity contribution in [1.29, 1.82) is 0 Å². The first-order valence-corrected chi connectivity index (χ1v) is 15.6. The number of halogens is 2. The van der Waals surface area contributed by atoms with Gasteiger partial charge in [0.25, 0.3) is 0 Å². The average Bonchev–Trinajstić information content (AvgIpc) is 2.95. The molecule has 0 aromatic heterocycles. The Bertz CT molecular complexity index is 1410. The normalized spacial score (nSPS) is 17.4. The number of carbonyl (C=O) groups excluding carboxylic acids is 1. The molecule has 1 heterocycles. The van der Waals surface area contributed by atoms with Gasteiger partial charge in [0.2, 0.25) is 0 Å². The van der Waals surface area contributed by atoms with Crippen LogP contribution in [0.1, 0.15) is 56.0 Å². The van der Waals surface area contributed by atoms with Crippen molar-refractivity contribution >= 4 is 44.8 Å². The van der Waals surface area contributed by atoms with E-state index in [1.54, 1.807) is 5.57 Å². The molecule has 0 bridgehead atoms. The van der Waals surface area contributed by atoms with Crippen LogP contribution in [0, 0.1) is 5.41 Å². The quantitative estimate of drug-likeness (QED) is 0.231. The lowest BCUT2D eigenvalue weighted by Crippen LogP contribution is -2.47. The lowest BCUT2D eigenvalue weighted by Gasteiger charge is -2.39. The molecule has 7 heteroatoms. The molecule has 0 atom stereocenters. The highest BCUT2D eigenvalue weighted by atomic mass is 79.9. The van der Waals surface area contributed by atoms with Gasteiger partial charge in [-0.25, -0.2) is 4.79 Å². The molecule has 0 unspecified atom stereocenters. The Kier molecular flexibility index (Phi) is 9.42. The van der Waals surface area contributed by atoms with Gasteiger partial charge >= 0.3 is 5.97 Å². The van der Waals surface area contributed by atoms with Crippen LogP contribution in [-0.4, -0.2) is 50.2 Å². The number of piperazine rings is 1. The molecule has 216 valence electrons. The van der Waals surface area contributed by atoms with E-state index in [1.807, 2.05) is 61.5 Å². The summed E-state index contributed by atoms with van der Waals surface area (Å²) >= 11 is 9.69. The van der Waals surface area contributed by atoms with E-state index in [1.165, 1.54) is 17.6 Å². The van der Waals surface area contributed by atoms with Crippen LogP contribution in [0.25, 0.3) is 5.57 Å². The number of hydrogen-bond acceptors (Lipinski definition) is 5. The van der Waals surface area contributed by atoms with E-state index in [0.717, 1.165) is 60.7 Å². The third-order valence-electron chi connectivity index (χ3n) is 8.01. The fraction of sp³-hybridized carbons (Fsp3) is 0.382. The summed E-state index contributed by atoms with van der Waals surface area (Å²) in [6.07, 6.45) is 3.45. The van der Waals surface area contributed by atoms with Crippen molar-refractivity contribution in [2.75, 3.05) is 44.2 Å². The van der Waals surface area contributed by atoms with Crippen LogP contribution in [0.2, 0.25) is 5.02 Å². The second-order valence-corrected chi connectivity index (χ2v) is 13.0.